The molecule has 0 saturated heterocycles. The summed E-state index contributed by atoms with van der Waals surface area (Å²) in [6.07, 6.45) is 1.40. The maximum absolute atomic E-state index is 5.78. The number of H-pyrrole nitrogens is 1. The van der Waals surface area contributed by atoms with Gasteiger partial charge in [0.15, 0.2) is 5.82 Å². The first-order chi connectivity index (χ1) is 8.33. The third kappa shape index (κ3) is 1.92. The smallest absolute Gasteiger partial charge is 0.161 e. The van der Waals surface area contributed by atoms with Crippen molar-refractivity contribution >= 4 is 34.1 Å². The Hall–Kier alpha value is -2.14. The molecule has 17 heavy (non-hydrogen) atoms. The summed E-state index contributed by atoms with van der Waals surface area (Å²) in [5, 5.41) is 11.6. The van der Waals surface area contributed by atoms with E-state index in [0.717, 1.165) is 16.7 Å². The van der Waals surface area contributed by atoms with E-state index < -0.39 is 0 Å². The van der Waals surface area contributed by atoms with Gasteiger partial charge in [-0.15, -0.1) is 0 Å². The van der Waals surface area contributed by atoms with Gasteiger partial charge in [-0.3, -0.25) is 5.10 Å². The number of aromatic nitrogens is 4. The first-order valence-corrected chi connectivity index (χ1v) is 5.38. The molecule has 0 amide bonds. The van der Waals surface area contributed by atoms with Crippen molar-refractivity contribution < 1.29 is 0 Å². The van der Waals surface area contributed by atoms with Gasteiger partial charge in [-0.05, 0) is 12.1 Å². The van der Waals surface area contributed by atoms with Gasteiger partial charge in [-0.2, -0.15) is 5.10 Å². The summed E-state index contributed by atoms with van der Waals surface area (Å²) in [7, 11) is 0. The Kier molecular flexibility index (Phi) is 2.38. The van der Waals surface area contributed by atoms with Crippen molar-refractivity contribution in [1.29, 1.82) is 0 Å². The first kappa shape index (κ1) is 10.0. The number of hydrogen-bond acceptors (Lipinski definition) is 4. The number of benzene rings is 1. The van der Waals surface area contributed by atoms with Crippen LogP contribution in [0.3, 0.4) is 0 Å². The standard InChI is InChI=1S/C11H8ClN5/c12-9-5-10(14-6-13-9)15-11-7-3-1-2-4-8(7)16-17-11/h1-6H,(H2,13,14,15,16,17). The summed E-state index contributed by atoms with van der Waals surface area (Å²) >= 11 is 5.78. The van der Waals surface area contributed by atoms with Gasteiger partial charge < -0.3 is 5.32 Å². The highest BCUT2D eigenvalue weighted by Crippen LogP contribution is 2.22. The van der Waals surface area contributed by atoms with Crippen LogP contribution in [0.15, 0.2) is 36.7 Å². The molecular formula is C11H8ClN5. The van der Waals surface area contributed by atoms with Crippen LogP contribution in [0, 0.1) is 0 Å². The van der Waals surface area contributed by atoms with Gasteiger partial charge in [-0.25, -0.2) is 9.97 Å². The summed E-state index contributed by atoms with van der Waals surface area (Å²) in [5.74, 6) is 1.33. The number of para-hydroxylation sites is 1. The molecule has 0 fully saturated rings. The van der Waals surface area contributed by atoms with Crippen molar-refractivity contribution in [1.82, 2.24) is 20.2 Å². The summed E-state index contributed by atoms with van der Waals surface area (Å²) in [6.45, 7) is 0. The molecule has 0 atom stereocenters. The third-order valence-electron chi connectivity index (χ3n) is 2.35. The molecule has 2 heterocycles. The fourth-order valence-electron chi connectivity index (χ4n) is 1.58. The lowest BCUT2D eigenvalue weighted by atomic mass is 10.2. The highest BCUT2D eigenvalue weighted by atomic mass is 35.5. The molecule has 0 spiro atoms. The molecule has 3 aromatic rings. The number of anilines is 2. The number of nitrogens with zero attached hydrogens (tertiary/aromatic N) is 3. The van der Waals surface area contributed by atoms with Gasteiger partial charge in [0, 0.05) is 11.5 Å². The molecule has 0 unspecified atom stereocenters. The van der Waals surface area contributed by atoms with E-state index in [2.05, 4.69) is 25.5 Å². The Morgan fingerprint density at radius 3 is 2.94 bits per heavy atom. The molecule has 0 radical (unpaired) electrons. The maximum atomic E-state index is 5.78. The Balaban J connectivity index is 2.00. The lowest BCUT2D eigenvalue weighted by molar-refractivity contribution is 1.11. The van der Waals surface area contributed by atoms with Crippen LogP contribution in [0.5, 0.6) is 0 Å². The second-order valence-corrected chi connectivity index (χ2v) is 3.86. The summed E-state index contributed by atoms with van der Waals surface area (Å²) in [4.78, 5) is 7.88. The monoisotopic (exact) mass is 245 g/mol. The molecule has 0 aliphatic carbocycles. The minimum Gasteiger partial charge on any atom is -0.323 e. The van der Waals surface area contributed by atoms with E-state index >= 15 is 0 Å². The van der Waals surface area contributed by atoms with Crippen LogP contribution in [-0.4, -0.2) is 20.2 Å². The average molecular weight is 246 g/mol. The molecule has 6 heteroatoms. The topological polar surface area (TPSA) is 66.5 Å². The van der Waals surface area contributed by atoms with Crippen LogP contribution in [0.4, 0.5) is 11.6 Å². The van der Waals surface area contributed by atoms with Crippen molar-refractivity contribution in [2.75, 3.05) is 5.32 Å². The van der Waals surface area contributed by atoms with Crippen LogP contribution < -0.4 is 5.32 Å². The Labute approximate surface area is 102 Å². The second kappa shape index (κ2) is 4.03. The van der Waals surface area contributed by atoms with E-state index in [-0.39, 0.29) is 0 Å². The van der Waals surface area contributed by atoms with Crippen molar-refractivity contribution in [3.63, 3.8) is 0 Å². The molecule has 0 bridgehead atoms. The highest BCUT2D eigenvalue weighted by molar-refractivity contribution is 6.29. The van der Waals surface area contributed by atoms with Crippen LogP contribution in [0.1, 0.15) is 0 Å². The van der Waals surface area contributed by atoms with Crippen molar-refractivity contribution in [2.45, 2.75) is 0 Å². The molecule has 5 nitrogen and oxygen atoms in total. The van der Waals surface area contributed by atoms with Crippen molar-refractivity contribution in [3.05, 3.63) is 41.8 Å². The molecular weight excluding hydrogens is 238 g/mol. The molecule has 3 rings (SSSR count). The molecule has 84 valence electrons. The van der Waals surface area contributed by atoms with Crippen molar-refractivity contribution in [2.24, 2.45) is 0 Å². The van der Waals surface area contributed by atoms with E-state index in [0.29, 0.717) is 11.0 Å². The van der Waals surface area contributed by atoms with Crippen LogP contribution in [0.25, 0.3) is 10.9 Å². The van der Waals surface area contributed by atoms with Crippen LogP contribution in [-0.2, 0) is 0 Å². The average Bonchev–Trinajstić information content (AvgIpc) is 2.73. The molecule has 0 aliphatic heterocycles. The van der Waals surface area contributed by atoms with Gasteiger partial charge in [0.2, 0.25) is 0 Å². The minimum atomic E-state index is 0.391. The van der Waals surface area contributed by atoms with Crippen LogP contribution >= 0.6 is 11.6 Å². The largest absolute Gasteiger partial charge is 0.323 e. The van der Waals surface area contributed by atoms with Gasteiger partial charge in [0.05, 0.1) is 5.52 Å². The first-order valence-electron chi connectivity index (χ1n) is 5.00. The number of rotatable bonds is 2. The number of hydrogen-bond donors (Lipinski definition) is 2. The molecule has 0 saturated carbocycles. The molecule has 2 aromatic heterocycles. The fraction of sp³-hybridized carbons (Fsp3) is 0. The zero-order valence-corrected chi connectivity index (χ0v) is 9.44. The summed E-state index contributed by atoms with van der Waals surface area (Å²) in [5.41, 5.74) is 0.968. The van der Waals surface area contributed by atoms with E-state index in [4.69, 9.17) is 11.6 Å². The van der Waals surface area contributed by atoms with Gasteiger partial charge >= 0.3 is 0 Å². The zero-order valence-electron chi connectivity index (χ0n) is 8.68. The number of fused-ring (bicyclic) bond motifs is 1. The summed E-state index contributed by atoms with van der Waals surface area (Å²) < 4.78 is 0. The van der Waals surface area contributed by atoms with Gasteiger partial charge in [-0.1, -0.05) is 23.7 Å². The van der Waals surface area contributed by atoms with E-state index in [9.17, 15) is 0 Å². The normalized spacial score (nSPS) is 10.6. The zero-order chi connectivity index (χ0) is 11.7. The van der Waals surface area contributed by atoms with Crippen LogP contribution in [0.2, 0.25) is 5.15 Å². The number of halogens is 1. The minimum absolute atomic E-state index is 0.391. The predicted molar refractivity (Wildman–Crippen MR) is 66.4 cm³/mol. The van der Waals surface area contributed by atoms with Crippen molar-refractivity contribution in [3.8, 4) is 0 Å². The lowest BCUT2D eigenvalue weighted by Gasteiger charge is -2.01. The Morgan fingerprint density at radius 1 is 1.18 bits per heavy atom. The Morgan fingerprint density at radius 2 is 2.06 bits per heavy atom. The second-order valence-electron chi connectivity index (χ2n) is 3.47. The SMILES string of the molecule is Clc1cc(Nc2n[nH]c3ccccc23)ncn1. The lowest BCUT2D eigenvalue weighted by Crippen LogP contribution is -1.94. The quantitative estimate of drug-likeness (QED) is 0.682. The predicted octanol–water partition coefficient (Wildman–Crippen LogP) is 2.75. The third-order valence-corrected chi connectivity index (χ3v) is 2.56. The van der Waals surface area contributed by atoms with Gasteiger partial charge in [0.1, 0.15) is 17.3 Å². The fourth-order valence-corrected chi connectivity index (χ4v) is 1.73. The van der Waals surface area contributed by atoms with E-state index in [1.165, 1.54) is 6.33 Å². The van der Waals surface area contributed by atoms with Gasteiger partial charge in [0.25, 0.3) is 0 Å². The number of nitrogens with one attached hydrogen (secondary N) is 2. The van der Waals surface area contributed by atoms with E-state index in [1.807, 2.05) is 24.3 Å². The number of aromatic amines is 1. The van der Waals surface area contributed by atoms with E-state index in [1.54, 1.807) is 6.07 Å². The molecule has 0 aliphatic rings. The maximum Gasteiger partial charge on any atom is 0.161 e. The highest BCUT2D eigenvalue weighted by Gasteiger charge is 2.05. The molecule has 1 aromatic carbocycles. The summed E-state index contributed by atoms with van der Waals surface area (Å²) in [6, 6.07) is 9.48. The molecule has 2 N–H and O–H groups in total. The Bertz CT molecular complexity index is 664.